The van der Waals surface area contributed by atoms with Gasteiger partial charge in [0.15, 0.2) is 0 Å². The Bertz CT molecular complexity index is 537. The van der Waals surface area contributed by atoms with Gasteiger partial charge in [-0.25, -0.2) is 4.98 Å². The molecule has 16 heavy (non-hydrogen) atoms. The molecule has 82 valence electrons. The molecule has 1 aliphatic rings. The van der Waals surface area contributed by atoms with Crippen LogP contribution in [0.2, 0.25) is 0 Å². The number of aryl methyl sites for hydroxylation is 1. The van der Waals surface area contributed by atoms with Gasteiger partial charge in [0.2, 0.25) is 5.88 Å². The van der Waals surface area contributed by atoms with E-state index in [9.17, 15) is 0 Å². The van der Waals surface area contributed by atoms with Crippen LogP contribution in [0.25, 0.3) is 10.9 Å². The molecule has 1 aromatic carbocycles. The molecule has 1 aliphatic heterocycles. The second kappa shape index (κ2) is 3.67. The summed E-state index contributed by atoms with van der Waals surface area (Å²) >= 11 is 0. The summed E-state index contributed by atoms with van der Waals surface area (Å²) in [6.07, 6.45) is 2.14. The van der Waals surface area contributed by atoms with Gasteiger partial charge in [-0.1, -0.05) is 0 Å². The van der Waals surface area contributed by atoms with Gasteiger partial charge in [0.05, 0.1) is 19.2 Å². The molecule has 0 saturated carbocycles. The molecule has 3 rings (SSSR count). The topological polar surface area (TPSA) is 31.4 Å². The van der Waals surface area contributed by atoms with Crippen LogP contribution in [0.15, 0.2) is 24.3 Å². The number of methoxy groups -OCH3 is 1. The Hall–Kier alpha value is -1.77. The summed E-state index contributed by atoms with van der Waals surface area (Å²) in [5.74, 6) is 1.61. The van der Waals surface area contributed by atoms with Crippen molar-refractivity contribution in [3.05, 3.63) is 29.8 Å². The summed E-state index contributed by atoms with van der Waals surface area (Å²) in [5, 5.41) is 1.14. The highest BCUT2D eigenvalue weighted by Gasteiger charge is 2.12. The number of hydrogen-bond acceptors (Lipinski definition) is 3. The van der Waals surface area contributed by atoms with Crippen molar-refractivity contribution in [3.8, 4) is 11.6 Å². The Morgan fingerprint density at radius 3 is 3.12 bits per heavy atom. The third-order valence-electron chi connectivity index (χ3n) is 2.89. The van der Waals surface area contributed by atoms with E-state index in [1.807, 2.05) is 18.2 Å². The number of hydrogen-bond donors (Lipinski definition) is 0. The Kier molecular flexibility index (Phi) is 2.17. The number of rotatable bonds is 1. The van der Waals surface area contributed by atoms with Crippen molar-refractivity contribution in [1.82, 2.24) is 4.98 Å². The van der Waals surface area contributed by atoms with Crippen LogP contribution in [0.3, 0.4) is 0 Å². The molecule has 0 radical (unpaired) electrons. The van der Waals surface area contributed by atoms with Crippen LogP contribution in [-0.4, -0.2) is 18.7 Å². The van der Waals surface area contributed by atoms with Gasteiger partial charge in [-0.2, -0.15) is 0 Å². The molecule has 3 nitrogen and oxygen atoms in total. The van der Waals surface area contributed by atoms with Gasteiger partial charge >= 0.3 is 0 Å². The first-order chi connectivity index (χ1) is 7.86. The van der Waals surface area contributed by atoms with Crippen molar-refractivity contribution < 1.29 is 9.47 Å². The Morgan fingerprint density at radius 1 is 1.31 bits per heavy atom. The second-order valence-corrected chi connectivity index (χ2v) is 3.96. The minimum absolute atomic E-state index is 0.773. The van der Waals surface area contributed by atoms with Gasteiger partial charge < -0.3 is 9.47 Å². The van der Waals surface area contributed by atoms with Crippen LogP contribution in [0, 0.1) is 0 Å². The molecule has 0 fully saturated rings. The number of aromatic nitrogens is 1. The number of fused-ring (bicyclic) bond motifs is 2. The van der Waals surface area contributed by atoms with Gasteiger partial charge in [0.1, 0.15) is 5.75 Å². The predicted octanol–water partition coefficient (Wildman–Crippen LogP) is 2.57. The molecule has 0 bridgehead atoms. The maximum Gasteiger partial charge on any atom is 0.217 e. The summed E-state index contributed by atoms with van der Waals surface area (Å²) in [4.78, 5) is 4.52. The zero-order valence-corrected chi connectivity index (χ0v) is 9.19. The Balaban J connectivity index is 2.19. The van der Waals surface area contributed by atoms with Gasteiger partial charge in [-0.15, -0.1) is 0 Å². The van der Waals surface area contributed by atoms with Crippen molar-refractivity contribution in [2.45, 2.75) is 12.8 Å². The molecular weight excluding hydrogens is 202 g/mol. The number of nitrogens with zero attached hydrogens (tertiary/aromatic N) is 1. The van der Waals surface area contributed by atoms with Crippen molar-refractivity contribution >= 4 is 10.9 Å². The molecular formula is C13H13NO2. The van der Waals surface area contributed by atoms with Crippen molar-refractivity contribution in [2.75, 3.05) is 13.7 Å². The molecule has 3 heteroatoms. The maximum absolute atomic E-state index is 5.55. The van der Waals surface area contributed by atoms with E-state index in [4.69, 9.17) is 9.47 Å². The smallest absolute Gasteiger partial charge is 0.217 e. The molecule has 0 aliphatic carbocycles. The number of ether oxygens (including phenoxy) is 2. The third-order valence-corrected chi connectivity index (χ3v) is 2.89. The highest BCUT2D eigenvalue weighted by Crippen LogP contribution is 2.28. The molecule has 0 amide bonds. The van der Waals surface area contributed by atoms with Crippen LogP contribution < -0.4 is 9.47 Å². The zero-order chi connectivity index (χ0) is 11.0. The Morgan fingerprint density at radius 2 is 2.25 bits per heavy atom. The largest absolute Gasteiger partial charge is 0.497 e. The average Bonchev–Trinajstić information content (AvgIpc) is 2.35. The lowest BCUT2D eigenvalue weighted by Gasteiger charge is -2.16. The lowest BCUT2D eigenvalue weighted by Crippen LogP contribution is -2.09. The van der Waals surface area contributed by atoms with Crippen molar-refractivity contribution in [2.24, 2.45) is 0 Å². The van der Waals surface area contributed by atoms with Crippen LogP contribution in [0.1, 0.15) is 12.0 Å². The van der Waals surface area contributed by atoms with Crippen LogP contribution in [0.5, 0.6) is 11.6 Å². The summed E-state index contributed by atoms with van der Waals surface area (Å²) in [6.45, 7) is 0.773. The maximum atomic E-state index is 5.55. The molecule has 0 spiro atoms. The highest BCUT2D eigenvalue weighted by atomic mass is 16.5. The molecule has 0 N–H and O–H groups in total. The van der Waals surface area contributed by atoms with Crippen LogP contribution in [-0.2, 0) is 6.42 Å². The van der Waals surface area contributed by atoms with E-state index in [1.54, 1.807) is 7.11 Å². The number of pyridine rings is 1. The first kappa shape index (κ1) is 9.46. The second-order valence-electron chi connectivity index (χ2n) is 3.96. The normalized spacial score (nSPS) is 14.3. The fourth-order valence-corrected chi connectivity index (χ4v) is 2.04. The molecule has 1 aromatic heterocycles. The fraction of sp³-hybridized carbons (Fsp3) is 0.308. The third kappa shape index (κ3) is 1.48. The monoisotopic (exact) mass is 215 g/mol. The van der Waals surface area contributed by atoms with E-state index in [0.717, 1.165) is 42.0 Å². The first-order valence-electron chi connectivity index (χ1n) is 5.47. The van der Waals surface area contributed by atoms with Gasteiger partial charge in [0.25, 0.3) is 0 Å². The highest BCUT2D eigenvalue weighted by molar-refractivity contribution is 5.81. The molecule has 2 aromatic rings. The minimum atomic E-state index is 0.773. The first-order valence-corrected chi connectivity index (χ1v) is 5.47. The number of benzene rings is 1. The van der Waals surface area contributed by atoms with Crippen LogP contribution >= 0.6 is 0 Å². The SMILES string of the molecule is COc1ccc2cc3c(nc2c1)OCCC3. The average molecular weight is 215 g/mol. The van der Waals surface area contributed by atoms with E-state index in [-0.39, 0.29) is 0 Å². The van der Waals surface area contributed by atoms with E-state index in [1.165, 1.54) is 5.56 Å². The van der Waals surface area contributed by atoms with E-state index in [0.29, 0.717) is 0 Å². The minimum Gasteiger partial charge on any atom is -0.497 e. The summed E-state index contributed by atoms with van der Waals surface area (Å²) in [6, 6.07) is 8.10. The standard InChI is InChI=1S/C13H13NO2/c1-15-11-5-4-9-7-10-3-2-6-16-13(10)14-12(9)8-11/h4-5,7-8H,2-3,6H2,1H3. The Labute approximate surface area is 94.0 Å². The van der Waals surface area contributed by atoms with E-state index < -0.39 is 0 Å². The van der Waals surface area contributed by atoms with E-state index in [2.05, 4.69) is 11.1 Å². The van der Waals surface area contributed by atoms with Crippen molar-refractivity contribution in [1.29, 1.82) is 0 Å². The van der Waals surface area contributed by atoms with Gasteiger partial charge in [-0.3, -0.25) is 0 Å². The summed E-state index contributed by atoms with van der Waals surface area (Å²) in [5.41, 5.74) is 2.14. The summed E-state index contributed by atoms with van der Waals surface area (Å²) in [7, 11) is 1.66. The molecule has 0 atom stereocenters. The zero-order valence-electron chi connectivity index (χ0n) is 9.19. The van der Waals surface area contributed by atoms with Gasteiger partial charge in [-0.05, 0) is 31.0 Å². The molecule has 2 heterocycles. The quantitative estimate of drug-likeness (QED) is 0.732. The fourth-order valence-electron chi connectivity index (χ4n) is 2.04. The molecule has 0 unspecified atom stereocenters. The van der Waals surface area contributed by atoms with Crippen LogP contribution in [0.4, 0.5) is 0 Å². The molecule has 0 saturated heterocycles. The lowest BCUT2D eigenvalue weighted by molar-refractivity contribution is 0.277. The van der Waals surface area contributed by atoms with Crippen molar-refractivity contribution in [3.63, 3.8) is 0 Å². The van der Waals surface area contributed by atoms with E-state index >= 15 is 0 Å². The predicted molar refractivity (Wildman–Crippen MR) is 62.1 cm³/mol. The van der Waals surface area contributed by atoms with Gasteiger partial charge in [0, 0.05) is 17.0 Å². The summed E-state index contributed by atoms with van der Waals surface area (Å²) < 4.78 is 10.7. The lowest BCUT2D eigenvalue weighted by atomic mass is 10.1.